The van der Waals surface area contributed by atoms with E-state index in [1.807, 2.05) is 0 Å². The predicted octanol–water partition coefficient (Wildman–Crippen LogP) is 1.01. The average molecular weight is 274 g/mol. The van der Waals surface area contributed by atoms with Crippen LogP contribution in [0.4, 0.5) is 0 Å². The Kier molecular flexibility index (Phi) is 3.64. The fourth-order valence-corrected chi connectivity index (χ4v) is 2.75. The van der Waals surface area contributed by atoms with Crippen LogP contribution in [-0.2, 0) is 0 Å². The first-order chi connectivity index (χ1) is 9.75. The average Bonchev–Trinajstić information content (AvgIpc) is 2.90. The molecule has 2 aromatic heterocycles. The van der Waals surface area contributed by atoms with E-state index in [0.29, 0.717) is 17.6 Å². The minimum absolute atomic E-state index is 0.160. The number of rotatable bonds is 3. The lowest BCUT2D eigenvalue weighted by Crippen LogP contribution is -2.36. The molecule has 6 nitrogen and oxygen atoms in total. The van der Waals surface area contributed by atoms with E-state index in [9.17, 15) is 9.90 Å². The normalized spacial score (nSPS) is 22.9. The molecule has 1 aliphatic rings. The number of fused-ring (bicyclic) bond motifs is 1. The maximum atomic E-state index is 12.2. The van der Waals surface area contributed by atoms with Gasteiger partial charge in [0.15, 0.2) is 0 Å². The molecule has 1 fully saturated rings. The van der Waals surface area contributed by atoms with Crippen molar-refractivity contribution < 1.29 is 9.90 Å². The highest BCUT2D eigenvalue weighted by atomic mass is 16.3. The van der Waals surface area contributed by atoms with Gasteiger partial charge in [0.25, 0.3) is 5.91 Å². The summed E-state index contributed by atoms with van der Waals surface area (Å²) in [6.07, 6.45) is 10.2. The van der Waals surface area contributed by atoms with E-state index < -0.39 is 0 Å². The first-order valence-corrected chi connectivity index (χ1v) is 6.99. The molecular formula is C14H18N4O2. The Bertz CT molecular complexity index is 610. The molecule has 0 spiro atoms. The first kappa shape index (κ1) is 13.1. The van der Waals surface area contributed by atoms with Gasteiger partial charge in [-0.05, 0) is 12.8 Å². The largest absolute Gasteiger partial charge is 0.393 e. The van der Waals surface area contributed by atoms with Gasteiger partial charge in [0.2, 0.25) is 0 Å². The summed E-state index contributed by atoms with van der Waals surface area (Å²) in [4.78, 5) is 16.2. The fraction of sp³-hybridized carbons (Fsp3) is 0.500. The molecule has 6 heteroatoms. The zero-order valence-electron chi connectivity index (χ0n) is 11.2. The van der Waals surface area contributed by atoms with Crippen LogP contribution in [-0.4, -0.2) is 38.3 Å². The monoisotopic (exact) mass is 274 g/mol. The standard InChI is InChI=1S/C14H18N4O2/c19-13-4-2-1-3-10(13)7-16-14(20)11-8-17-18-6-5-15-9-12(11)18/h5-6,8-10,13,19H,1-4,7H2,(H,16,20)/t10-,13-/m1/s1. The van der Waals surface area contributed by atoms with Crippen LogP contribution in [0.2, 0.25) is 0 Å². The Morgan fingerprint density at radius 2 is 2.25 bits per heavy atom. The van der Waals surface area contributed by atoms with Crippen molar-refractivity contribution >= 4 is 11.4 Å². The van der Waals surface area contributed by atoms with E-state index in [1.165, 1.54) is 0 Å². The molecule has 0 unspecified atom stereocenters. The molecule has 0 saturated heterocycles. The van der Waals surface area contributed by atoms with Crippen molar-refractivity contribution in [1.29, 1.82) is 0 Å². The van der Waals surface area contributed by atoms with Gasteiger partial charge in [0.1, 0.15) is 0 Å². The second kappa shape index (κ2) is 5.58. The molecule has 1 aliphatic carbocycles. The summed E-state index contributed by atoms with van der Waals surface area (Å²) in [5.74, 6) is -0.00145. The zero-order valence-corrected chi connectivity index (χ0v) is 11.2. The van der Waals surface area contributed by atoms with Crippen LogP contribution in [0.5, 0.6) is 0 Å². The number of nitrogens with one attached hydrogen (secondary N) is 1. The molecule has 106 valence electrons. The highest BCUT2D eigenvalue weighted by Gasteiger charge is 2.24. The fourth-order valence-electron chi connectivity index (χ4n) is 2.75. The lowest BCUT2D eigenvalue weighted by atomic mass is 9.86. The Hall–Kier alpha value is -1.95. The Labute approximate surface area is 116 Å². The summed E-state index contributed by atoms with van der Waals surface area (Å²) in [7, 11) is 0. The number of aromatic nitrogens is 3. The van der Waals surface area contributed by atoms with Crippen LogP contribution in [0.25, 0.3) is 5.52 Å². The molecule has 0 aromatic carbocycles. The molecule has 2 atom stereocenters. The number of hydrogen-bond acceptors (Lipinski definition) is 4. The Balaban J connectivity index is 1.67. The molecule has 20 heavy (non-hydrogen) atoms. The van der Waals surface area contributed by atoms with Gasteiger partial charge in [0.05, 0.1) is 29.6 Å². The molecule has 3 rings (SSSR count). The van der Waals surface area contributed by atoms with Crippen LogP contribution in [0.15, 0.2) is 24.8 Å². The number of carbonyl (C=O) groups is 1. The maximum Gasteiger partial charge on any atom is 0.255 e. The number of nitrogens with zero attached hydrogens (tertiary/aromatic N) is 3. The minimum Gasteiger partial charge on any atom is -0.393 e. The number of aliphatic hydroxyl groups is 1. The molecule has 0 bridgehead atoms. The van der Waals surface area contributed by atoms with E-state index in [2.05, 4.69) is 15.4 Å². The molecule has 1 saturated carbocycles. The lowest BCUT2D eigenvalue weighted by molar-refractivity contribution is 0.0663. The molecule has 2 aromatic rings. The number of aliphatic hydroxyl groups excluding tert-OH is 1. The van der Waals surface area contributed by atoms with Gasteiger partial charge >= 0.3 is 0 Å². The van der Waals surface area contributed by atoms with Crippen LogP contribution in [0.1, 0.15) is 36.0 Å². The van der Waals surface area contributed by atoms with Gasteiger partial charge in [-0.15, -0.1) is 0 Å². The van der Waals surface area contributed by atoms with Crippen LogP contribution >= 0.6 is 0 Å². The number of carbonyl (C=O) groups excluding carboxylic acids is 1. The highest BCUT2D eigenvalue weighted by Crippen LogP contribution is 2.23. The van der Waals surface area contributed by atoms with Gasteiger partial charge in [-0.25, -0.2) is 4.52 Å². The lowest BCUT2D eigenvalue weighted by Gasteiger charge is -2.27. The topological polar surface area (TPSA) is 79.5 Å². The number of amides is 1. The summed E-state index contributed by atoms with van der Waals surface area (Å²) in [6, 6.07) is 0. The summed E-state index contributed by atoms with van der Waals surface area (Å²) in [6.45, 7) is 0.512. The van der Waals surface area contributed by atoms with Gasteiger partial charge in [-0.3, -0.25) is 9.78 Å². The summed E-state index contributed by atoms with van der Waals surface area (Å²) in [5.41, 5.74) is 1.21. The van der Waals surface area contributed by atoms with E-state index in [0.717, 1.165) is 25.7 Å². The van der Waals surface area contributed by atoms with Gasteiger partial charge in [-0.1, -0.05) is 12.8 Å². The number of hydrogen-bond donors (Lipinski definition) is 2. The molecular weight excluding hydrogens is 256 g/mol. The molecule has 0 aliphatic heterocycles. The maximum absolute atomic E-state index is 12.2. The second-order valence-corrected chi connectivity index (χ2v) is 5.29. The van der Waals surface area contributed by atoms with E-state index in [-0.39, 0.29) is 17.9 Å². The summed E-state index contributed by atoms with van der Waals surface area (Å²) < 4.78 is 1.62. The molecule has 2 N–H and O–H groups in total. The van der Waals surface area contributed by atoms with Gasteiger partial charge in [-0.2, -0.15) is 5.10 Å². The summed E-state index contributed by atoms with van der Waals surface area (Å²) in [5, 5.41) is 16.9. The SMILES string of the molecule is O=C(NC[C@H]1CCCC[C@H]1O)c1cnn2ccncc12. The molecule has 0 radical (unpaired) electrons. The summed E-state index contributed by atoms with van der Waals surface area (Å²) >= 11 is 0. The van der Waals surface area contributed by atoms with Gasteiger partial charge in [0, 0.05) is 24.9 Å². The van der Waals surface area contributed by atoms with Gasteiger partial charge < -0.3 is 10.4 Å². The molecule has 1 amide bonds. The van der Waals surface area contributed by atoms with Crippen molar-refractivity contribution in [2.45, 2.75) is 31.8 Å². The third kappa shape index (κ3) is 2.51. The van der Waals surface area contributed by atoms with Crippen LogP contribution < -0.4 is 5.32 Å². The highest BCUT2D eigenvalue weighted by molar-refractivity contribution is 6.00. The zero-order chi connectivity index (χ0) is 13.9. The smallest absolute Gasteiger partial charge is 0.255 e. The quantitative estimate of drug-likeness (QED) is 0.875. The van der Waals surface area contributed by atoms with Crippen LogP contribution in [0, 0.1) is 5.92 Å². The first-order valence-electron chi connectivity index (χ1n) is 6.99. The Morgan fingerprint density at radius 1 is 1.40 bits per heavy atom. The van der Waals surface area contributed by atoms with E-state index >= 15 is 0 Å². The Morgan fingerprint density at radius 3 is 3.10 bits per heavy atom. The van der Waals surface area contributed by atoms with Crippen LogP contribution in [0.3, 0.4) is 0 Å². The predicted molar refractivity (Wildman–Crippen MR) is 73.3 cm³/mol. The molecule has 2 heterocycles. The van der Waals surface area contributed by atoms with Crippen molar-refractivity contribution in [3.05, 3.63) is 30.4 Å². The second-order valence-electron chi connectivity index (χ2n) is 5.29. The van der Waals surface area contributed by atoms with Crippen molar-refractivity contribution in [3.63, 3.8) is 0 Å². The van der Waals surface area contributed by atoms with Crippen molar-refractivity contribution in [1.82, 2.24) is 19.9 Å². The van der Waals surface area contributed by atoms with E-state index in [1.54, 1.807) is 29.3 Å². The third-order valence-electron chi connectivity index (χ3n) is 3.96. The van der Waals surface area contributed by atoms with Crippen molar-refractivity contribution in [2.24, 2.45) is 5.92 Å². The minimum atomic E-state index is -0.297. The van der Waals surface area contributed by atoms with E-state index in [4.69, 9.17) is 0 Å². The third-order valence-corrected chi connectivity index (χ3v) is 3.96. The van der Waals surface area contributed by atoms with Crippen molar-refractivity contribution in [3.8, 4) is 0 Å². The van der Waals surface area contributed by atoms with Crippen molar-refractivity contribution in [2.75, 3.05) is 6.54 Å².